The molecule has 3 nitrogen and oxygen atoms in total. The van der Waals surface area contributed by atoms with Crippen molar-refractivity contribution >= 4 is 5.91 Å². The summed E-state index contributed by atoms with van der Waals surface area (Å²) in [4.78, 5) is 11.7. The molecule has 0 aromatic carbocycles. The van der Waals surface area contributed by atoms with Gasteiger partial charge in [-0.25, -0.2) is 0 Å². The zero-order valence-electron chi connectivity index (χ0n) is 10.5. The minimum Gasteiger partial charge on any atom is -0.391 e. The summed E-state index contributed by atoms with van der Waals surface area (Å²) in [7, 11) is 0. The maximum atomic E-state index is 11.7. The van der Waals surface area contributed by atoms with Gasteiger partial charge in [0.15, 0.2) is 0 Å². The standard InChI is InChI=1S/C14H23NO2/c1-2-3-4-8-11-14(17)15-12-9-6-5-7-10-13(12)16/h1,12-13,16H,3-11H2,(H,15,17). The van der Waals surface area contributed by atoms with Gasteiger partial charge in [-0.1, -0.05) is 19.3 Å². The van der Waals surface area contributed by atoms with Crippen LogP contribution in [0.5, 0.6) is 0 Å². The quantitative estimate of drug-likeness (QED) is 0.436. The molecule has 2 atom stereocenters. The van der Waals surface area contributed by atoms with Gasteiger partial charge in [0, 0.05) is 12.8 Å². The first kappa shape index (κ1) is 14.1. The number of carbonyl (C=O) groups is 1. The van der Waals surface area contributed by atoms with Crippen LogP contribution in [0, 0.1) is 12.3 Å². The minimum absolute atomic E-state index is 0.0439. The molecule has 0 bridgehead atoms. The second kappa shape index (κ2) is 8.14. The van der Waals surface area contributed by atoms with Crippen molar-refractivity contribution in [2.45, 2.75) is 69.9 Å². The maximum Gasteiger partial charge on any atom is 0.220 e. The third kappa shape index (κ3) is 5.74. The van der Waals surface area contributed by atoms with E-state index in [-0.39, 0.29) is 18.1 Å². The molecule has 0 aromatic rings. The first-order valence-corrected chi connectivity index (χ1v) is 6.65. The number of hydrogen-bond acceptors (Lipinski definition) is 2. The van der Waals surface area contributed by atoms with E-state index in [0.29, 0.717) is 6.42 Å². The van der Waals surface area contributed by atoms with Gasteiger partial charge in [0.1, 0.15) is 0 Å². The molecule has 1 amide bonds. The van der Waals surface area contributed by atoms with Gasteiger partial charge in [0.2, 0.25) is 5.91 Å². The Labute approximate surface area is 104 Å². The van der Waals surface area contributed by atoms with E-state index >= 15 is 0 Å². The largest absolute Gasteiger partial charge is 0.391 e. The zero-order chi connectivity index (χ0) is 12.5. The molecule has 1 aliphatic carbocycles. The number of aliphatic hydroxyl groups is 1. The second-order valence-electron chi connectivity index (χ2n) is 4.79. The van der Waals surface area contributed by atoms with E-state index in [1.54, 1.807) is 0 Å². The van der Waals surface area contributed by atoms with Crippen LogP contribution in [0.2, 0.25) is 0 Å². The van der Waals surface area contributed by atoms with Gasteiger partial charge in [-0.05, 0) is 25.7 Å². The summed E-state index contributed by atoms with van der Waals surface area (Å²) in [6.45, 7) is 0. The predicted molar refractivity (Wildman–Crippen MR) is 68.3 cm³/mol. The summed E-state index contributed by atoms with van der Waals surface area (Å²) in [5, 5.41) is 12.8. The van der Waals surface area contributed by atoms with Crippen LogP contribution in [-0.2, 0) is 4.79 Å². The molecule has 96 valence electrons. The molecular formula is C14H23NO2. The van der Waals surface area contributed by atoms with Gasteiger partial charge in [0.25, 0.3) is 0 Å². The fraction of sp³-hybridized carbons (Fsp3) is 0.786. The number of rotatable bonds is 5. The fourth-order valence-corrected chi connectivity index (χ4v) is 2.25. The number of amides is 1. The minimum atomic E-state index is -0.368. The summed E-state index contributed by atoms with van der Waals surface area (Å²) in [6.07, 6.45) is 12.8. The lowest BCUT2D eigenvalue weighted by atomic mass is 10.1. The molecule has 17 heavy (non-hydrogen) atoms. The molecule has 1 aliphatic rings. The molecule has 0 radical (unpaired) electrons. The van der Waals surface area contributed by atoms with E-state index in [1.165, 1.54) is 0 Å². The first-order chi connectivity index (χ1) is 8.24. The van der Waals surface area contributed by atoms with Crippen LogP contribution in [-0.4, -0.2) is 23.2 Å². The Morgan fingerprint density at radius 2 is 2.06 bits per heavy atom. The molecule has 2 unspecified atom stereocenters. The van der Waals surface area contributed by atoms with Crippen molar-refractivity contribution in [3.8, 4) is 12.3 Å². The SMILES string of the molecule is C#CCCCCC(=O)NC1CCCCCC1O. The number of carbonyl (C=O) groups excluding carboxylic acids is 1. The highest BCUT2D eigenvalue weighted by Gasteiger charge is 2.22. The summed E-state index contributed by atoms with van der Waals surface area (Å²) < 4.78 is 0. The molecule has 3 heteroatoms. The van der Waals surface area contributed by atoms with E-state index in [1.807, 2.05) is 0 Å². The van der Waals surface area contributed by atoms with Crippen molar-refractivity contribution in [2.75, 3.05) is 0 Å². The Morgan fingerprint density at radius 1 is 1.29 bits per heavy atom. The third-order valence-electron chi connectivity index (χ3n) is 3.30. The lowest BCUT2D eigenvalue weighted by Crippen LogP contribution is -2.42. The molecule has 1 fully saturated rings. The summed E-state index contributed by atoms with van der Waals surface area (Å²) in [5.74, 6) is 2.62. The van der Waals surface area contributed by atoms with Gasteiger partial charge in [-0.3, -0.25) is 4.79 Å². The molecule has 0 aliphatic heterocycles. The Balaban J connectivity index is 2.22. The Kier molecular flexibility index (Phi) is 6.73. The highest BCUT2D eigenvalue weighted by atomic mass is 16.3. The predicted octanol–water partition coefficient (Wildman–Crippen LogP) is 1.99. The normalized spacial score (nSPS) is 24.7. The van der Waals surface area contributed by atoms with Gasteiger partial charge in [-0.2, -0.15) is 0 Å². The first-order valence-electron chi connectivity index (χ1n) is 6.65. The number of unbranched alkanes of at least 4 members (excludes halogenated alkanes) is 2. The molecule has 0 aromatic heterocycles. The van der Waals surface area contributed by atoms with Crippen molar-refractivity contribution in [3.05, 3.63) is 0 Å². The van der Waals surface area contributed by atoms with Crippen LogP contribution >= 0.6 is 0 Å². The lowest BCUT2D eigenvalue weighted by Gasteiger charge is -2.21. The van der Waals surface area contributed by atoms with E-state index in [2.05, 4.69) is 11.2 Å². The smallest absolute Gasteiger partial charge is 0.220 e. The molecule has 0 saturated heterocycles. The average Bonchev–Trinajstić information content (AvgIpc) is 2.51. The molecule has 2 N–H and O–H groups in total. The number of nitrogens with one attached hydrogen (secondary N) is 1. The van der Waals surface area contributed by atoms with Gasteiger partial charge < -0.3 is 10.4 Å². The van der Waals surface area contributed by atoms with Crippen molar-refractivity contribution in [1.29, 1.82) is 0 Å². The van der Waals surface area contributed by atoms with E-state index in [9.17, 15) is 9.90 Å². The van der Waals surface area contributed by atoms with Crippen molar-refractivity contribution in [2.24, 2.45) is 0 Å². The topological polar surface area (TPSA) is 49.3 Å². The number of hydrogen-bond donors (Lipinski definition) is 2. The second-order valence-corrected chi connectivity index (χ2v) is 4.79. The van der Waals surface area contributed by atoms with Crippen molar-refractivity contribution in [3.63, 3.8) is 0 Å². The Morgan fingerprint density at radius 3 is 2.82 bits per heavy atom. The molecular weight excluding hydrogens is 214 g/mol. The highest BCUT2D eigenvalue weighted by molar-refractivity contribution is 5.76. The lowest BCUT2D eigenvalue weighted by molar-refractivity contribution is -0.122. The van der Waals surface area contributed by atoms with Crippen LogP contribution in [0.15, 0.2) is 0 Å². The van der Waals surface area contributed by atoms with Crippen molar-refractivity contribution < 1.29 is 9.90 Å². The van der Waals surface area contributed by atoms with Crippen LogP contribution in [0.25, 0.3) is 0 Å². The van der Waals surface area contributed by atoms with Crippen molar-refractivity contribution in [1.82, 2.24) is 5.32 Å². The van der Waals surface area contributed by atoms with Crippen LogP contribution in [0.4, 0.5) is 0 Å². The summed E-state index contributed by atoms with van der Waals surface area (Å²) in [6, 6.07) is -0.0439. The molecule has 1 rings (SSSR count). The highest BCUT2D eigenvalue weighted by Crippen LogP contribution is 2.18. The maximum absolute atomic E-state index is 11.7. The van der Waals surface area contributed by atoms with E-state index < -0.39 is 0 Å². The van der Waals surface area contributed by atoms with Gasteiger partial charge >= 0.3 is 0 Å². The Hall–Kier alpha value is -1.01. The molecule has 1 saturated carbocycles. The van der Waals surface area contributed by atoms with E-state index in [0.717, 1.165) is 51.4 Å². The van der Waals surface area contributed by atoms with Crippen LogP contribution in [0.3, 0.4) is 0 Å². The third-order valence-corrected chi connectivity index (χ3v) is 3.30. The monoisotopic (exact) mass is 237 g/mol. The molecule has 0 heterocycles. The fourth-order valence-electron chi connectivity index (χ4n) is 2.25. The average molecular weight is 237 g/mol. The van der Waals surface area contributed by atoms with Gasteiger partial charge in [-0.15, -0.1) is 12.3 Å². The summed E-state index contributed by atoms with van der Waals surface area (Å²) >= 11 is 0. The van der Waals surface area contributed by atoms with Gasteiger partial charge in [0.05, 0.1) is 12.1 Å². The number of aliphatic hydroxyl groups excluding tert-OH is 1. The Bertz CT molecular complexity index is 270. The summed E-state index contributed by atoms with van der Waals surface area (Å²) in [5.41, 5.74) is 0. The van der Waals surface area contributed by atoms with E-state index in [4.69, 9.17) is 6.42 Å². The van der Waals surface area contributed by atoms with Crippen LogP contribution < -0.4 is 5.32 Å². The van der Waals surface area contributed by atoms with Crippen LogP contribution in [0.1, 0.15) is 57.8 Å². The number of terminal acetylenes is 1. The zero-order valence-corrected chi connectivity index (χ0v) is 10.5. The molecule has 0 spiro atoms.